The van der Waals surface area contributed by atoms with Crippen molar-refractivity contribution in [1.82, 2.24) is 14.9 Å². The van der Waals surface area contributed by atoms with Crippen LogP contribution in [0.4, 0.5) is 19.0 Å². The van der Waals surface area contributed by atoms with Crippen molar-refractivity contribution < 1.29 is 22.4 Å². The second-order valence-corrected chi connectivity index (χ2v) is 8.14. The zero-order chi connectivity index (χ0) is 23.4. The number of pyridine rings is 1. The van der Waals surface area contributed by atoms with Crippen LogP contribution in [0.25, 0.3) is 11.3 Å². The fourth-order valence-corrected chi connectivity index (χ4v) is 3.98. The number of hydrogen-bond acceptors (Lipinski definition) is 5. The Morgan fingerprint density at radius 2 is 1.79 bits per heavy atom. The van der Waals surface area contributed by atoms with Gasteiger partial charge in [0, 0.05) is 50.8 Å². The van der Waals surface area contributed by atoms with Crippen LogP contribution in [0.3, 0.4) is 0 Å². The van der Waals surface area contributed by atoms with E-state index in [1.165, 1.54) is 0 Å². The minimum atomic E-state index is -4.49. The van der Waals surface area contributed by atoms with E-state index in [2.05, 4.69) is 9.97 Å². The van der Waals surface area contributed by atoms with Crippen LogP contribution in [0.2, 0.25) is 5.02 Å². The first-order chi connectivity index (χ1) is 15.8. The van der Waals surface area contributed by atoms with Gasteiger partial charge < -0.3 is 14.2 Å². The number of rotatable bonds is 6. The fourth-order valence-electron chi connectivity index (χ4n) is 3.70. The van der Waals surface area contributed by atoms with Crippen LogP contribution in [-0.2, 0) is 17.4 Å². The number of carbonyl (C=O) groups is 1. The number of hydrogen-bond donors (Lipinski definition) is 0. The molecule has 1 aliphatic heterocycles. The van der Waals surface area contributed by atoms with Crippen LogP contribution in [-0.4, -0.2) is 47.0 Å². The molecule has 0 atom stereocenters. The highest BCUT2D eigenvalue weighted by molar-refractivity contribution is 6.33. The Balaban J connectivity index is 1.24. The number of oxazole rings is 1. The summed E-state index contributed by atoms with van der Waals surface area (Å²) in [4.78, 5) is 24.3. The molecule has 0 unspecified atom stereocenters. The molecule has 1 amide bonds. The zero-order valence-electron chi connectivity index (χ0n) is 17.7. The molecule has 0 radical (unpaired) electrons. The van der Waals surface area contributed by atoms with E-state index in [-0.39, 0.29) is 10.9 Å². The maximum Gasteiger partial charge on any atom is 0.417 e. The average molecular weight is 479 g/mol. The number of benzene rings is 1. The maximum absolute atomic E-state index is 12.8. The first kappa shape index (κ1) is 23.1. The van der Waals surface area contributed by atoms with E-state index in [9.17, 15) is 18.0 Å². The molecule has 174 valence electrons. The van der Waals surface area contributed by atoms with Crippen molar-refractivity contribution in [1.29, 1.82) is 0 Å². The predicted molar refractivity (Wildman–Crippen MR) is 118 cm³/mol. The van der Waals surface area contributed by atoms with Gasteiger partial charge in [0.1, 0.15) is 5.82 Å². The third-order valence-electron chi connectivity index (χ3n) is 5.47. The van der Waals surface area contributed by atoms with Gasteiger partial charge in [-0.3, -0.25) is 4.79 Å². The lowest BCUT2D eigenvalue weighted by Gasteiger charge is -2.36. The predicted octanol–water partition coefficient (Wildman–Crippen LogP) is 5.08. The molecule has 0 bridgehead atoms. The largest absolute Gasteiger partial charge is 0.441 e. The van der Waals surface area contributed by atoms with Crippen molar-refractivity contribution in [2.24, 2.45) is 0 Å². The molecule has 3 heterocycles. The van der Waals surface area contributed by atoms with Gasteiger partial charge in [-0.25, -0.2) is 9.97 Å². The van der Waals surface area contributed by atoms with Gasteiger partial charge in [0.2, 0.25) is 5.91 Å². The van der Waals surface area contributed by atoms with Gasteiger partial charge in [-0.15, -0.1) is 0 Å². The SMILES string of the molecule is O=C(CCCc1ncc(-c2ccccc2)o1)N1CCN(c2ncc(C(F)(F)F)cc2Cl)CC1. The average Bonchev–Trinajstić information content (AvgIpc) is 3.28. The van der Waals surface area contributed by atoms with Crippen molar-refractivity contribution in [3.05, 3.63) is 65.3 Å². The minimum Gasteiger partial charge on any atom is -0.441 e. The fraction of sp³-hybridized carbons (Fsp3) is 0.348. The third-order valence-corrected chi connectivity index (χ3v) is 5.75. The Kier molecular flexibility index (Phi) is 6.88. The van der Waals surface area contributed by atoms with Crippen LogP contribution in [0.1, 0.15) is 24.3 Å². The summed E-state index contributed by atoms with van der Waals surface area (Å²) in [6.07, 6.45) is -0.489. The molecule has 33 heavy (non-hydrogen) atoms. The molecular formula is C23H22ClF3N4O2. The third kappa shape index (κ3) is 5.65. The first-order valence-corrected chi connectivity index (χ1v) is 10.9. The van der Waals surface area contributed by atoms with Crippen LogP contribution < -0.4 is 4.90 Å². The Morgan fingerprint density at radius 1 is 1.06 bits per heavy atom. The van der Waals surface area contributed by atoms with Gasteiger partial charge in [-0.2, -0.15) is 13.2 Å². The Labute approximate surface area is 194 Å². The molecule has 2 aromatic heterocycles. The summed E-state index contributed by atoms with van der Waals surface area (Å²) in [5.41, 5.74) is 0.0693. The molecule has 6 nitrogen and oxygen atoms in total. The van der Waals surface area contributed by atoms with E-state index in [1.54, 1.807) is 16.0 Å². The highest BCUT2D eigenvalue weighted by atomic mass is 35.5. The van der Waals surface area contributed by atoms with Crippen molar-refractivity contribution in [2.75, 3.05) is 31.1 Å². The van der Waals surface area contributed by atoms with Gasteiger partial charge in [-0.1, -0.05) is 41.9 Å². The standard InChI is InChI=1S/C23H22ClF3N4O2/c24-18-13-17(23(25,26)27)14-29-22(18)31-11-9-30(10-12-31)21(32)8-4-7-20-28-15-19(33-20)16-5-2-1-3-6-16/h1-3,5-6,13-15H,4,7-12H2. The van der Waals surface area contributed by atoms with Crippen molar-refractivity contribution >= 4 is 23.3 Å². The van der Waals surface area contributed by atoms with Crippen molar-refractivity contribution in [3.63, 3.8) is 0 Å². The van der Waals surface area contributed by atoms with E-state index < -0.39 is 11.7 Å². The molecule has 1 aliphatic rings. The Bertz CT molecular complexity index is 1100. The van der Waals surface area contributed by atoms with E-state index >= 15 is 0 Å². The number of piperazine rings is 1. The van der Waals surface area contributed by atoms with Gasteiger partial charge in [0.25, 0.3) is 0 Å². The van der Waals surface area contributed by atoms with Gasteiger partial charge in [-0.05, 0) is 12.5 Å². The van der Waals surface area contributed by atoms with E-state index in [4.69, 9.17) is 16.0 Å². The number of amides is 1. The smallest absolute Gasteiger partial charge is 0.417 e. The monoisotopic (exact) mass is 478 g/mol. The summed E-state index contributed by atoms with van der Waals surface area (Å²) < 4.78 is 44.2. The van der Waals surface area contributed by atoms with Crippen molar-refractivity contribution in [2.45, 2.75) is 25.4 Å². The lowest BCUT2D eigenvalue weighted by atomic mass is 10.2. The first-order valence-electron chi connectivity index (χ1n) is 10.6. The Morgan fingerprint density at radius 3 is 2.45 bits per heavy atom. The molecule has 3 aromatic rings. The van der Waals surface area contributed by atoms with E-state index in [0.717, 1.165) is 17.8 Å². The summed E-state index contributed by atoms with van der Waals surface area (Å²) in [7, 11) is 0. The lowest BCUT2D eigenvalue weighted by molar-refractivity contribution is -0.137. The second kappa shape index (κ2) is 9.82. The number of carbonyl (C=O) groups excluding carboxylic acids is 1. The summed E-state index contributed by atoms with van der Waals surface area (Å²) in [5, 5.41) is -0.0505. The maximum atomic E-state index is 12.8. The lowest BCUT2D eigenvalue weighted by Crippen LogP contribution is -2.49. The molecule has 0 spiro atoms. The molecular weight excluding hydrogens is 457 g/mol. The number of alkyl halides is 3. The zero-order valence-corrected chi connectivity index (χ0v) is 18.4. The van der Waals surface area contributed by atoms with E-state index in [0.29, 0.717) is 62.9 Å². The number of aryl methyl sites for hydroxylation is 1. The molecule has 1 saturated heterocycles. The number of nitrogens with zero attached hydrogens (tertiary/aromatic N) is 4. The van der Waals surface area contributed by atoms with Crippen LogP contribution >= 0.6 is 11.6 Å². The normalized spacial score (nSPS) is 14.5. The van der Waals surface area contributed by atoms with Gasteiger partial charge in [0.15, 0.2) is 11.7 Å². The summed E-state index contributed by atoms with van der Waals surface area (Å²) in [5.74, 6) is 1.61. The molecule has 1 aromatic carbocycles. The van der Waals surface area contributed by atoms with Crippen molar-refractivity contribution in [3.8, 4) is 11.3 Å². The highest BCUT2D eigenvalue weighted by Gasteiger charge is 2.32. The van der Waals surface area contributed by atoms with Crippen LogP contribution in [0, 0.1) is 0 Å². The molecule has 0 N–H and O–H groups in total. The summed E-state index contributed by atoms with van der Waals surface area (Å²) in [6.45, 7) is 1.80. The highest BCUT2D eigenvalue weighted by Crippen LogP contribution is 2.33. The number of anilines is 1. The quantitative estimate of drug-likeness (QED) is 0.494. The van der Waals surface area contributed by atoms with E-state index in [1.807, 2.05) is 30.3 Å². The number of aromatic nitrogens is 2. The summed E-state index contributed by atoms with van der Waals surface area (Å²) in [6, 6.07) is 10.6. The topological polar surface area (TPSA) is 62.5 Å². The molecule has 10 heteroatoms. The molecule has 4 rings (SSSR count). The Hall–Kier alpha value is -3.07. The molecule has 1 fully saturated rings. The summed E-state index contributed by atoms with van der Waals surface area (Å²) >= 11 is 6.04. The van der Waals surface area contributed by atoms with Gasteiger partial charge >= 0.3 is 6.18 Å². The molecule has 0 saturated carbocycles. The van der Waals surface area contributed by atoms with Crippen LogP contribution in [0.5, 0.6) is 0 Å². The molecule has 0 aliphatic carbocycles. The minimum absolute atomic E-state index is 0.0240. The van der Waals surface area contributed by atoms with Gasteiger partial charge in [0.05, 0.1) is 16.8 Å². The van der Waals surface area contributed by atoms with Crippen LogP contribution in [0.15, 0.2) is 53.2 Å². The second-order valence-electron chi connectivity index (χ2n) is 7.73. The number of halogens is 4.